The number of hydrogen-bond donors (Lipinski definition) is 0. The highest BCUT2D eigenvalue weighted by Gasteiger charge is 2.54. The second-order valence-electron chi connectivity index (χ2n) is 2.22. The molecule has 0 aromatic rings. The number of methoxy groups -OCH3 is 1. The average Bonchev–Trinajstić information content (AvgIpc) is 2.64. The predicted octanol–water partition coefficient (Wildman–Crippen LogP) is -0.175. The molecule has 1 aliphatic rings. The van der Waals surface area contributed by atoms with E-state index < -0.39 is 22.9 Å². The van der Waals surface area contributed by atoms with Crippen molar-refractivity contribution in [2.75, 3.05) is 7.11 Å². The molecule has 56 valence electrons. The lowest BCUT2D eigenvalue weighted by atomic mass is 10.4. The summed E-state index contributed by atoms with van der Waals surface area (Å²) < 4.78 is 4.31. The van der Waals surface area contributed by atoms with Gasteiger partial charge >= 0.3 is 5.97 Å². The summed E-state index contributed by atoms with van der Waals surface area (Å²) in [6.07, 6.45) is 0.333. The maximum atomic E-state index is 10.6. The van der Waals surface area contributed by atoms with E-state index in [1.807, 2.05) is 0 Å². The van der Waals surface area contributed by atoms with E-state index in [0.717, 1.165) is 0 Å². The van der Waals surface area contributed by atoms with Crippen LogP contribution in [-0.4, -0.2) is 24.0 Å². The van der Waals surface area contributed by atoms with Crippen LogP contribution in [-0.2, 0) is 9.53 Å². The number of rotatable bonds is 2. The first-order chi connectivity index (χ1) is 4.66. The lowest BCUT2D eigenvalue weighted by Crippen LogP contribution is -2.11. The van der Waals surface area contributed by atoms with Crippen LogP contribution in [0.4, 0.5) is 0 Å². The Kier molecular flexibility index (Phi) is 1.57. The van der Waals surface area contributed by atoms with E-state index >= 15 is 0 Å². The SMILES string of the molecule is COC(=O)[C@@H]1C[C@@H]1[N+](=O)[O-]. The van der Waals surface area contributed by atoms with Crippen LogP contribution < -0.4 is 0 Å². The fraction of sp³-hybridized carbons (Fsp3) is 0.800. The molecule has 0 unspecified atom stereocenters. The minimum absolute atomic E-state index is 0.333. The van der Waals surface area contributed by atoms with Crippen molar-refractivity contribution in [2.45, 2.75) is 12.5 Å². The summed E-state index contributed by atoms with van der Waals surface area (Å²) in [6.45, 7) is 0. The Bertz CT molecular complexity index is 178. The third kappa shape index (κ3) is 1.07. The zero-order valence-corrected chi connectivity index (χ0v) is 5.44. The Morgan fingerprint density at radius 3 is 2.70 bits per heavy atom. The van der Waals surface area contributed by atoms with Crippen molar-refractivity contribution in [3.05, 3.63) is 10.1 Å². The monoisotopic (exact) mass is 145 g/mol. The molecule has 1 aliphatic carbocycles. The lowest BCUT2D eigenvalue weighted by Gasteiger charge is -1.91. The van der Waals surface area contributed by atoms with Gasteiger partial charge in [0.05, 0.1) is 7.11 Å². The summed E-state index contributed by atoms with van der Waals surface area (Å²) in [5.41, 5.74) is 0. The molecular weight excluding hydrogens is 138 g/mol. The number of carbonyl (C=O) groups excluding carboxylic acids is 1. The largest absolute Gasteiger partial charge is 0.469 e. The topological polar surface area (TPSA) is 69.4 Å². The van der Waals surface area contributed by atoms with Gasteiger partial charge in [-0.3, -0.25) is 14.9 Å². The van der Waals surface area contributed by atoms with Gasteiger partial charge in [-0.1, -0.05) is 0 Å². The maximum Gasteiger partial charge on any atom is 0.315 e. The van der Waals surface area contributed by atoms with Crippen LogP contribution >= 0.6 is 0 Å². The normalized spacial score (nSPS) is 29.3. The second kappa shape index (κ2) is 2.24. The van der Waals surface area contributed by atoms with Crippen molar-refractivity contribution in [1.29, 1.82) is 0 Å². The van der Waals surface area contributed by atoms with Gasteiger partial charge in [-0.15, -0.1) is 0 Å². The first-order valence-electron chi connectivity index (χ1n) is 2.88. The second-order valence-corrected chi connectivity index (χ2v) is 2.22. The third-order valence-electron chi connectivity index (χ3n) is 1.53. The molecule has 2 atom stereocenters. The average molecular weight is 145 g/mol. The molecule has 0 N–H and O–H groups in total. The van der Waals surface area contributed by atoms with Crippen LogP contribution in [0.5, 0.6) is 0 Å². The summed E-state index contributed by atoms with van der Waals surface area (Å²) in [5, 5.41) is 9.99. The molecule has 5 nitrogen and oxygen atoms in total. The van der Waals surface area contributed by atoms with Crippen LogP contribution in [0.25, 0.3) is 0 Å². The van der Waals surface area contributed by atoms with Crippen molar-refractivity contribution in [3.8, 4) is 0 Å². The molecule has 0 aromatic carbocycles. The van der Waals surface area contributed by atoms with Gasteiger partial charge in [0.2, 0.25) is 6.04 Å². The van der Waals surface area contributed by atoms with Gasteiger partial charge in [-0.25, -0.2) is 0 Å². The minimum Gasteiger partial charge on any atom is -0.469 e. The van der Waals surface area contributed by atoms with Gasteiger partial charge < -0.3 is 4.74 Å². The summed E-state index contributed by atoms with van der Waals surface area (Å²) >= 11 is 0. The Morgan fingerprint density at radius 1 is 1.80 bits per heavy atom. The first kappa shape index (κ1) is 6.98. The van der Waals surface area contributed by atoms with Gasteiger partial charge in [0.25, 0.3) is 0 Å². The van der Waals surface area contributed by atoms with E-state index in [2.05, 4.69) is 4.74 Å². The number of carbonyl (C=O) groups is 1. The Hall–Kier alpha value is -1.13. The highest BCUT2D eigenvalue weighted by atomic mass is 16.6. The van der Waals surface area contributed by atoms with E-state index in [4.69, 9.17) is 0 Å². The van der Waals surface area contributed by atoms with Crippen molar-refractivity contribution in [1.82, 2.24) is 0 Å². The van der Waals surface area contributed by atoms with E-state index in [-0.39, 0.29) is 0 Å². The molecule has 0 amide bonds. The maximum absolute atomic E-state index is 10.6. The number of nitrogens with zero attached hydrogens (tertiary/aromatic N) is 1. The fourth-order valence-electron chi connectivity index (χ4n) is 0.819. The van der Waals surface area contributed by atoms with Crippen molar-refractivity contribution >= 4 is 5.97 Å². The lowest BCUT2D eigenvalue weighted by molar-refractivity contribution is -0.497. The third-order valence-corrected chi connectivity index (χ3v) is 1.53. The van der Waals surface area contributed by atoms with E-state index in [9.17, 15) is 14.9 Å². The summed E-state index contributed by atoms with van der Waals surface area (Å²) in [7, 11) is 1.23. The summed E-state index contributed by atoms with van der Waals surface area (Å²) in [5.74, 6) is -0.957. The van der Waals surface area contributed by atoms with Crippen molar-refractivity contribution < 1.29 is 14.5 Å². The van der Waals surface area contributed by atoms with Crippen molar-refractivity contribution in [2.24, 2.45) is 5.92 Å². The quantitative estimate of drug-likeness (QED) is 0.307. The summed E-state index contributed by atoms with van der Waals surface area (Å²) in [6, 6.07) is -0.688. The summed E-state index contributed by atoms with van der Waals surface area (Å²) in [4.78, 5) is 20.1. The molecular formula is C5H7NO4. The Labute approximate surface area is 57.1 Å². The zero-order valence-electron chi connectivity index (χ0n) is 5.44. The molecule has 1 fully saturated rings. The van der Waals surface area contributed by atoms with E-state index in [1.54, 1.807) is 0 Å². The molecule has 5 heteroatoms. The standard InChI is InChI=1S/C5H7NO4/c1-10-5(7)3-2-4(3)6(8)9/h3-4H,2H2,1H3/t3-,4+/m1/s1. The van der Waals surface area contributed by atoms with E-state index in [1.165, 1.54) is 7.11 Å². The van der Waals surface area contributed by atoms with Crippen LogP contribution in [0.2, 0.25) is 0 Å². The van der Waals surface area contributed by atoms with E-state index in [0.29, 0.717) is 6.42 Å². The highest BCUT2D eigenvalue weighted by molar-refractivity contribution is 5.76. The smallest absolute Gasteiger partial charge is 0.315 e. The molecule has 0 radical (unpaired) electrons. The molecule has 0 aliphatic heterocycles. The van der Waals surface area contributed by atoms with Gasteiger partial charge in [-0.2, -0.15) is 0 Å². The van der Waals surface area contributed by atoms with Crippen LogP contribution in [0.15, 0.2) is 0 Å². The van der Waals surface area contributed by atoms with Gasteiger partial charge in [-0.05, 0) is 0 Å². The highest BCUT2D eigenvalue weighted by Crippen LogP contribution is 2.33. The Morgan fingerprint density at radius 2 is 2.40 bits per heavy atom. The predicted molar refractivity (Wildman–Crippen MR) is 30.9 cm³/mol. The van der Waals surface area contributed by atoms with Crippen LogP contribution in [0.3, 0.4) is 0 Å². The van der Waals surface area contributed by atoms with Crippen LogP contribution in [0, 0.1) is 16.0 Å². The zero-order chi connectivity index (χ0) is 7.72. The minimum atomic E-state index is -0.688. The van der Waals surface area contributed by atoms with Crippen molar-refractivity contribution in [3.63, 3.8) is 0 Å². The fourth-order valence-corrected chi connectivity index (χ4v) is 0.819. The van der Waals surface area contributed by atoms with Crippen LogP contribution in [0.1, 0.15) is 6.42 Å². The molecule has 10 heavy (non-hydrogen) atoms. The molecule has 0 heterocycles. The molecule has 0 aromatic heterocycles. The molecule has 1 saturated carbocycles. The molecule has 0 saturated heterocycles. The molecule has 0 spiro atoms. The first-order valence-corrected chi connectivity index (χ1v) is 2.88. The number of nitro groups is 1. The molecule has 0 bridgehead atoms. The van der Waals surface area contributed by atoms with Gasteiger partial charge in [0.15, 0.2) is 0 Å². The number of ether oxygens (including phenoxy) is 1. The molecule has 1 rings (SSSR count). The number of esters is 1. The van der Waals surface area contributed by atoms with Gasteiger partial charge in [0, 0.05) is 11.3 Å². The Balaban J connectivity index is 2.38. The number of hydrogen-bond acceptors (Lipinski definition) is 4. The van der Waals surface area contributed by atoms with Gasteiger partial charge in [0.1, 0.15) is 5.92 Å².